The third-order valence-electron chi connectivity index (χ3n) is 2.53. The predicted octanol–water partition coefficient (Wildman–Crippen LogP) is 3.06. The number of nitrogen functional groups attached to an aromatic ring is 1. The highest BCUT2D eigenvalue weighted by Gasteiger charge is 2.08. The molecule has 0 aliphatic carbocycles. The van der Waals surface area contributed by atoms with Gasteiger partial charge in [-0.25, -0.2) is 4.98 Å². The topological polar surface area (TPSA) is 54.7 Å². The molecule has 2 heterocycles. The van der Waals surface area contributed by atoms with Crippen LogP contribution in [0.1, 0.15) is 0 Å². The minimum absolute atomic E-state index is 0.538. The van der Waals surface area contributed by atoms with Gasteiger partial charge in [0.15, 0.2) is 0 Å². The van der Waals surface area contributed by atoms with E-state index in [2.05, 4.69) is 32.0 Å². The Morgan fingerprint density at radius 1 is 1.13 bits per heavy atom. The van der Waals surface area contributed by atoms with Crippen LogP contribution in [0.25, 0.3) is 21.8 Å². The van der Waals surface area contributed by atoms with Crippen LogP contribution in [-0.4, -0.2) is 9.97 Å². The largest absolute Gasteiger partial charge is 0.382 e. The van der Waals surface area contributed by atoms with Crippen LogP contribution in [0.4, 0.5) is 5.82 Å². The van der Waals surface area contributed by atoms with E-state index in [1.165, 1.54) is 0 Å². The lowest BCUT2D eigenvalue weighted by molar-refractivity contribution is 1.35. The monoisotopic (exact) mass is 261 g/mol. The minimum Gasteiger partial charge on any atom is -0.382 e. The number of halogens is 1. The van der Waals surface area contributed by atoms with Gasteiger partial charge in [-0.1, -0.05) is 12.1 Å². The number of pyridine rings is 1. The number of nitrogens with two attached hydrogens (primary N) is 1. The number of aromatic amines is 1. The van der Waals surface area contributed by atoms with Crippen LogP contribution in [-0.2, 0) is 0 Å². The van der Waals surface area contributed by atoms with Gasteiger partial charge < -0.3 is 10.7 Å². The molecule has 0 unspecified atom stereocenters. The maximum absolute atomic E-state index is 5.81. The van der Waals surface area contributed by atoms with Crippen molar-refractivity contribution in [2.24, 2.45) is 0 Å². The van der Waals surface area contributed by atoms with Crippen LogP contribution < -0.4 is 5.73 Å². The second-order valence-corrected chi connectivity index (χ2v) is 4.26. The molecule has 0 saturated carbocycles. The fraction of sp³-hybridized carbons (Fsp3) is 0. The maximum atomic E-state index is 5.81. The van der Waals surface area contributed by atoms with Crippen LogP contribution in [0.2, 0.25) is 0 Å². The summed E-state index contributed by atoms with van der Waals surface area (Å²) in [7, 11) is 0. The summed E-state index contributed by atoms with van der Waals surface area (Å²) in [5, 5.41) is 2.27. The molecule has 74 valence electrons. The highest BCUT2D eigenvalue weighted by atomic mass is 79.9. The van der Waals surface area contributed by atoms with Crippen molar-refractivity contribution >= 4 is 43.6 Å². The number of H-pyrrole nitrogens is 1. The van der Waals surface area contributed by atoms with Crippen molar-refractivity contribution in [2.75, 3.05) is 5.73 Å². The zero-order valence-electron chi connectivity index (χ0n) is 7.79. The van der Waals surface area contributed by atoms with Crippen molar-refractivity contribution in [2.45, 2.75) is 0 Å². The molecule has 3 nitrogen and oxygen atoms in total. The summed E-state index contributed by atoms with van der Waals surface area (Å²) in [5.41, 5.74) is 7.78. The SMILES string of the molecule is Nc1nccc2c1[nH]c1c(Br)cccc12. The van der Waals surface area contributed by atoms with Crippen molar-refractivity contribution in [1.29, 1.82) is 0 Å². The standard InChI is InChI=1S/C11H8BrN3/c12-8-3-1-2-6-7-4-5-14-11(13)10(7)15-9(6)8/h1-5,15H,(H2,13,14). The van der Waals surface area contributed by atoms with E-state index in [4.69, 9.17) is 5.73 Å². The fourth-order valence-electron chi connectivity index (χ4n) is 1.83. The molecular formula is C11H8BrN3. The third-order valence-corrected chi connectivity index (χ3v) is 3.19. The third kappa shape index (κ3) is 1.15. The molecule has 0 aliphatic rings. The Morgan fingerprint density at radius 2 is 1.93 bits per heavy atom. The van der Waals surface area contributed by atoms with Gasteiger partial charge in [0.2, 0.25) is 0 Å². The van der Waals surface area contributed by atoms with Crippen molar-refractivity contribution in [3.63, 3.8) is 0 Å². The van der Waals surface area contributed by atoms with E-state index < -0.39 is 0 Å². The second kappa shape index (κ2) is 2.97. The number of nitrogens with one attached hydrogen (secondary N) is 1. The quantitative estimate of drug-likeness (QED) is 0.654. The fourth-order valence-corrected chi connectivity index (χ4v) is 2.30. The molecule has 1 aromatic carbocycles. The lowest BCUT2D eigenvalue weighted by Gasteiger charge is -1.93. The number of para-hydroxylation sites is 1. The van der Waals surface area contributed by atoms with E-state index in [1.807, 2.05) is 18.2 Å². The highest BCUT2D eigenvalue weighted by Crippen LogP contribution is 2.31. The number of hydrogen-bond donors (Lipinski definition) is 2. The first kappa shape index (κ1) is 8.73. The first-order valence-corrected chi connectivity index (χ1v) is 5.37. The van der Waals surface area contributed by atoms with Gasteiger partial charge in [0.1, 0.15) is 5.82 Å². The van der Waals surface area contributed by atoms with E-state index in [0.717, 1.165) is 26.3 Å². The lowest BCUT2D eigenvalue weighted by atomic mass is 10.2. The summed E-state index contributed by atoms with van der Waals surface area (Å²) < 4.78 is 1.04. The van der Waals surface area contributed by atoms with E-state index in [1.54, 1.807) is 6.20 Å². The molecule has 0 spiro atoms. The Morgan fingerprint density at radius 3 is 2.80 bits per heavy atom. The molecule has 0 fully saturated rings. The van der Waals surface area contributed by atoms with Crippen molar-refractivity contribution in [3.05, 3.63) is 34.9 Å². The summed E-state index contributed by atoms with van der Waals surface area (Å²) >= 11 is 3.51. The summed E-state index contributed by atoms with van der Waals surface area (Å²) in [6.45, 7) is 0. The highest BCUT2D eigenvalue weighted by molar-refractivity contribution is 9.10. The molecule has 15 heavy (non-hydrogen) atoms. The molecule has 2 aromatic heterocycles. The Balaban J connectivity index is 2.63. The molecule has 0 atom stereocenters. The average Bonchev–Trinajstić information content (AvgIpc) is 2.60. The normalized spacial score (nSPS) is 11.3. The van der Waals surface area contributed by atoms with E-state index >= 15 is 0 Å². The second-order valence-electron chi connectivity index (χ2n) is 3.41. The van der Waals surface area contributed by atoms with Crippen LogP contribution in [0.15, 0.2) is 34.9 Å². The van der Waals surface area contributed by atoms with Gasteiger partial charge >= 0.3 is 0 Å². The molecule has 3 N–H and O–H groups in total. The van der Waals surface area contributed by atoms with Gasteiger partial charge in [-0.2, -0.15) is 0 Å². The summed E-state index contributed by atoms with van der Waals surface area (Å²) in [4.78, 5) is 7.34. The molecule has 3 rings (SSSR count). The lowest BCUT2D eigenvalue weighted by Crippen LogP contribution is -1.89. The van der Waals surface area contributed by atoms with E-state index in [-0.39, 0.29) is 0 Å². The predicted molar refractivity (Wildman–Crippen MR) is 65.7 cm³/mol. The van der Waals surface area contributed by atoms with Crippen molar-refractivity contribution < 1.29 is 0 Å². The van der Waals surface area contributed by atoms with Crippen LogP contribution >= 0.6 is 15.9 Å². The van der Waals surface area contributed by atoms with E-state index in [0.29, 0.717) is 5.82 Å². The Labute approximate surface area is 94.4 Å². The molecule has 0 saturated heterocycles. The Kier molecular flexibility index (Phi) is 1.73. The smallest absolute Gasteiger partial charge is 0.147 e. The number of fused-ring (bicyclic) bond motifs is 3. The molecule has 3 aromatic rings. The average molecular weight is 262 g/mol. The number of hydrogen-bond acceptors (Lipinski definition) is 2. The molecule has 0 bridgehead atoms. The van der Waals surface area contributed by atoms with Crippen LogP contribution in [0, 0.1) is 0 Å². The number of benzene rings is 1. The zero-order chi connectivity index (χ0) is 10.4. The number of rotatable bonds is 0. The summed E-state index contributed by atoms with van der Waals surface area (Å²) in [5.74, 6) is 0.538. The Bertz CT molecular complexity index is 601. The van der Waals surface area contributed by atoms with Crippen molar-refractivity contribution in [3.8, 4) is 0 Å². The molecule has 0 amide bonds. The summed E-state index contributed by atoms with van der Waals surface area (Å²) in [6.07, 6.45) is 1.73. The van der Waals surface area contributed by atoms with Crippen molar-refractivity contribution in [1.82, 2.24) is 9.97 Å². The Hall–Kier alpha value is -1.55. The molecular weight excluding hydrogens is 254 g/mol. The summed E-state index contributed by atoms with van der Waals surface area (Å²) in [6, 6.07) is 8.05. The molecule has 0 radical (unpaired) electrons. The number of aromatic nitrogens is 2. The first-order valence-electron chi connectivity index (χ1n) is 4.58. The van der Waals surface area contributed by atoms with Gasteiger partial charge in [-0.05, 0) is 28.1 Å². The van der Waals surface area contributed by atoms with Gasteiger partial charge in [-0.3, -0.25) is 0 Å². The first-order chi connectivity index (χ1) is 7.27. The number of anilines is 1. The molecule has 4 heteroatoms. The molecule has 0 aliphatic heterocycles. The minimum atomic E-state index is 0.538. The zero-order valence-corrected chi connectivity index (χ0v) is 9.38. The van der Waals surface area contributed by atoms with Gasteiger partial charge in [0, 0.05) is 21.4 Å². The maximum Gasteiger partial charge on any atom is 0.147 e. The number of nitrogens with zero attached hydrogens (tertiary/aromatic N) is 1. The van der Waals surface area contributed by atoms with Gasteiger partial charge in [0.05, 0.1) is 11.0 Å². The van der Waals surface area contributed by atoms with Crippen LogP contribution in [0.3, 0.4) is 0 Å². The van der Waals surface area contributed by atoms with E-state index in [9.17, 15) is 0 Å². The van der Waals surface area contributed by atoms with Gasteiger partial charge in [-0.15, -0.1) is 0 Å². The van der Waals surface area contributed by atoms with Crippen LogP contribution in [0.5, 0.6) is 0 Å². The van der Waals surface area contributed by atoms with Gasteiger partial charge in [0.25, 0.3) is 0 Å².